The molecule has 0 aliphatic rings. The van der Waals surface area contributed by atoms with E-state index in [-0.39, 0.29) is 28.5 Å². The van der Waals surface area contributed by atoms with Gasteiger partial charge in [-0.2, -0.15) is 0 Å². The van der Waals surface area contributed by atoms with Gasteiger partial charge < -0.3 is 15.6 Å². The summed E-state index contributed by atoms with van der Waals surface area (Å²) in [5, 5.41) is 10.2. The fourth-order valence-electron chi connectivity index (χ4n) is 1.85. The lowest BCUT2D eigenvalue weighted by molar-refractivity contribution is 0.0958. The van der Waals surface area contributed by atoms with E-state index in [4.69, 9.17) is 22.1 Å². The van der Waals surface area contributed by atoms with Crippen molar-refractivity contribution in [2.24, 2.45) is 5.73 Å². The Morgan fingerprint density at radius 2 is 2.00 bits per heavy atom. The SMILES string of the molecule is NC(=O)c1cc(Cl)ccc1OCC(O)c1cc(F)ccc1F. The van der Waals surface area contributed by atoms with Crippen LogP contribution in [0.4, 0.5) is 8.78 Å². The summed E-state index contributed by atoms with van der Waals surface area (Å²) in [5.41, 5.74) is 4.98. The van der Waals surface area contributed by atoms with Gasteiger partial charge in [0, 0.05) is 10.6 Å². The average molecular weight is 328 g/mol. The number of hydrogen-bond donors (Lipinski definition) is 2. The van der Waals surface area contributed by atoms with Gasteiger partial charge in [0.15, 0.2) is 0 Å². The highest BCUT2D eigenvalue weighted by molar-refractivity contribution is 6.31. The molecule has 116 valence electrons. The molecule has 0 spiro atoms. The molecular weight excluding hydrogens is 316 g/mol. The van der Waals surface area contributed by atoms with Crippen LogP contribution in [-0.4, -0.2) is 17.6 Å². The predicted octanol–water partition coefficient (Wildman–Crippen LogP) is 2.83. The molecule has 0 radical (unpaired) electrons. The Bertz CT molecular complexity index is 709. The van der Waals surface area contributed by atoms with Gasteiger partial charge in [0.05, 0.1) is 5.56 Å². The number of aliphatic hydroxyl groups is 1. The molecule has 0 bridgehead atoms. The topological polar surface area (TPSA) is 72.6 Å². The van der Waals surface area contributed by atoms with Gasteiger partial charge in [0.1, 0.15) is 30.1 Å². The number of carbonyl (C=O) groups is 1. The zero-order chi connectivity index (χ0) is 16.3. The van der Waals surface area contributed by atoms with E-state index < -0.39 is 23.6 Å². The second-order valence-corrected chi connectivity index (χ2v) is 4.93. The predicted molar refractivity (Wildman–Crippen MR) is 76.8 cm³/mol. The van der Waals surface area contributed by atoms with Gasteiger partial charge in [0.25, 0.3) is 5.91 Å². The molecule has 22 heavy (non-hydrogen) atoms. The highest BCUT2D eigenvalue weighted by Gasteiger charge is 2.17. The number of rotatable bonds is 5. The number of halogens is 3. The summed E-state index contributed by atoms with van der Waals surface area (Å²) in [6.07, 6.45) is -1.41. The maximum atomic E-state index is 13.5. The molecule has 2 rings (SSSR count). The molecule has 0 aromatic heterocycles. The van der Waals surface area contributed by atoms with Crippen molar-refractivity contribution in [3.63, 3.8) is 0 Å². The summed E-state index contributed by atoms with van der Waals surface area (Å²) in [6.45, 7) is -0.387. The summed E-state index contributed by atoms with van der Waals surface area (Å²) in [7, 11) is 0. The van der Waals surface area contributed by atoms with Crippen molar-refractivity contribution >= 4 is 17.5 Å². The van der Waals surface area contributed by atoms with Crippen LogP contribution in [0.3, 0.4) is 0 Å². The molecule has 0 saturated carbocycles. The minimum atomic E-state index is -1.41. The van der Waals surface area contributed by atoms with Crippen molar-refractivity contribution in [3.8, 4) is 5.75 Å². The number of primary amides is 1. The highest BCUT2D eigenvalue weighted by atomic mass is 35.5. The molecule has 1 amide bonds. The summed E-state index contributed by atoms with van der Waals surface area (Å²) < 4.78 is 31.9. The van der Waals surface area contributed by atoms with E-state index in [1.165, 1.54) is 18.2 Å². The molecule has 3 N–H and O–H groups in total. The third-order valence-corrected chi connectivity index (χ3v) is 3.16. The Balaban J connectivity index is 2.16. The second kappa shape index (κ2) is 6.72. The van der Waals surface area contributed by atoms with Gasteiger partial charge in [-0.1, -0.05) is 11.6 Å². The maximum Gasteiger partial charge on any atom is 0.252 e. The molecule has 0 aliphatic carbocycles. The minimum Gasteiger partial charge on any atom is -0.490 e. The van der Waals surface area contributed by atoms with Crippen molar-refractivity contribution in [2.45, 2.75) is 6.10 Å². The van der Waals surface area contributed by atoms with E-state index in [0.717, 1.165) is 18.2 Å². The summed E-state index contributed by atoms with van der Waals surface area (Å²) in [4.78, 5) is 11.3. The largest absolute Gasteiger partial charge is 0.490 e. The lowest BCUT2D eigenvalue weighted by Gasteiger charge is -2.15. The molecule has 1 unspecified atom stereocenters. The minimum absolute atomic E-state index is 0.0272. The quantitative estimate of drug-likeness (QED) is 0.887. The van der Waals surface area contributed by atoms with E-state index in [1.807, 2.05) is 0 Å². The highest BCUT2D eigenvalue weighted by Crippen LogP contribution is 2.25. The van der Waals surface area contributed by atoms with Crippen molar-refractivity contribution in [2.75, 3.05) is 6.61 Å². The van der Waals surface area contributed by atoms with E-state index in [9.17, 15) is 18.7 Å². The first-order valence-corrected chi connectivity index (χ1v) is 6.61. The summed E-state index contributed by atoms with van der Waals surface area (Å²) in [5.74, 6) is -2.11. The first kappa shape index (κ1) is 16.2. The molecule has 0 heterocycles. The molecule has 0 fully saturated rings. The monoisotopic (exact) mass is 327 g/mol. The van der Waals surface area contributed by atoms with E-state index in [1.54, 1.807) is 0 Å². The van der Waals surface area contributed by atoms with Crippen LogP contribution < -0.4 is 10.5 Å². The molecule has 2 aromatic rings. The van der Waals surface area contributed by atoms with Crippen LogP contribution >= 0.6 is 11.6 Å². The number of carbonyl (C=O) groups excluding carboxylic acids is 1. The van der Waals surface area contributed by atoms with Crippen molar-refractivity contribution in [1.82, 2.24) is 0 Å². The maximum absolute atomic E-state index is 13.5. The third kappa shape index (κ3) is 3.72. The van der Waals surface area contributed by atoms with Crippen LogP contribution in [0.25, 0.3) is 0 Å². The van der Waals surface area contributed by atoms with E-state index in [0.29, 0.717) is 0 Å². The normalized spacial score (nSPS) is 12.0. The molecule has 2 aromatic carbocycles. The van der Waals surface area contributed by atoms with Crippen LogP contribution in [0, 0.1) is 11.6 Å². The average Bonchev–Trinajstić information content (AvgIpc) is 2.48. The molecule has 0 aliphatic heterocycles. The Morgan fingerprint density at radius 1 is 1.27 bits per heavy atom. The van der Waals surface area contributed by atoms with Crippen LogP contribution in [0.15, 0.2) is 36.4 Å². The lowest BCUT2D eigenvalue weighted by atomic mass is 10.1. The Hall–Kier alpha value is -2.18. The van der Waals surface area contributed by atoms with Crippen molar-refractivity contribution in [3.05, 3.63) is 64.2 Å². The zero-order valence-corrected chi connectivity index (χ0v) is 12.0. The lowest BCUT2D eigenvalue weighted by Crippen LogP contribution is -2.16. The number of nitrogens with two attached hydrogens (primary N) is 1. The first-order chi connectivity index (χ1) is 10.4. The fourth-order valence-corrected chi connectivity index (χ4v) is 2.02. The second-order valence-electron chi connectivity index (χ2n) is 4.50. The van der Waals surface area contributed by atoms with Crippen LogP contribution in [0.2, 0.25) is 5.02 Å². The van der Waals surface area contributed by atoms with Gasteiger partial charge >= 0.3 is 0 Å². The van der Waals surface area contributed by atoms with Crippen molar-refractivity contribution < 1.29 is 23.4 Å². The molecule has 7 heteroatoms. The Labute approximate surface area is 130 Å². The number of amides is 1. The molecular formula is C15H12ClF2NO3. The number of benzene rings is 2. The van der Waals surface area contributed by atoms with Crippen molar-refractivity contribution in [1.29, 1.82) is 0 Å². The van der Waals surface area contributed by atoms with Gasteiger partial charge in [-0.3, -0.25) is 4.79 Å². The van der Waals surface area contributed by atoms with Gasteiger partial charge in [-0.15, -0.1) is 0 Å². The smallest absolute Gasteiger partial charge is 0.252 e. The van der Waals surface area contributed by atoms with Gasteiger partial charge in [-0.25, -0.2) is 8.78 Å². The van der Waals surface area contributed by atoms with E-state index >= 15 is 0 Å². The Kier molecular flexibility index (Phi) is 4.95. The van der Waals surface area contributed by atoms with E-state index in [2.05, 4.69) is 0 Å². The van der Waals surface area contributed by atoms with Gasteiger partial charge in [-0.05, 0) is 36.4 Å². The fraction of sp³-hybridized carbons (Fsp3) is 0.133. The van der Waals surface area contributed by atoms with Crippen LogP contribution in [-0.2, 0) is 0 Å². The Morgan fingerprint density at radius 3 is 2.68 bits per heavy atom. The third-order valence-electron chi connectivity index (χ3n) is 2.92. The van der Waals surface area contributed by atoms with Crippen LogP contribution in [0.1, 0.15) is 22.0 Å². The molecule has 1 atom stereocenters. The standard InChI is InChI=1S/C15H12ClF2NO3/c16-8-1-4-14(11(5-8)15(19)21)22-7-13(20)10-6-9(17)2-3-12(10)18/h1-6,13,20H,7H2,(H2,19,21). The summed E-state index contributed by atoms with van der Waals surface area (Å²) >= 11 is 5.75. The summed E-state index contributed by atoms with van der Waals surface area (Å²) in [6, 6.07) is 6.91. The number of hydrogen-bond acceptors (Lipinski definition) is 3. The molecule has 4 nitrogen and oxygen atoms in total. The number of aliphatic hydroxyl groups excluding tert-OH is 1. The van der Waals surface area contributed by atoms with Gasteiger partial charge in [0.2, 0.25) is 0 Å². The zero-order valence-electron chi connectivity index (χ0n) is 11.2. The number of ether oxygens (including phenoxy) is 1. The molecule has 0 saturated heterocycles. The van der Waals surface area contributed by atoms with Crippen LogP contribution in [0.5, 0.6) is 5.75 Å². The first-order valence-electron chi connectivity index (χ1n) is 6.23.